The lowest BCUT2D eigenvalue weighted by Gasteiger charge is -1.96. The number of nitrogens with zero attached hydrogens (tertiary/aromatic N) is 3. The van der Waals surface area contributed by atoms with Crippen LogP contribution in [0, 0.1) is 0 Å². The Kier molecular flexibility index (Phi) is 2.55. The zero-order valence-corrected chi connectivity index (χ0v) is 7.80. The molecule has 0 fully saturated rings. The fourth-order valence-corrected chi connectivity index (χ4v) is 1.24. The maximum atomic E-state index is 5.43. The molecule has 1 aromatic heterocycles. The van der Waals surface area contributed by atoms with Gasteiger partial charge in [-0.05, 0) is 18.7 Å². The minimum atomic E-state index is 0.605. The predicted octanol–water partition coefficient (Wildman–Crippen LogP) is 0.768. The fraction of sp³-hybridized carbons (Fsp3) is 0.200. The summed E-state index contributed by atoms with van der Waals surface area (Å²) in [5, 5.41) is 8.45. The van der Waals surface area contributed by atoms with E-state index in [2.05, 4.69) is 10.2 Å². The van der Waals surface area contributed by atoms with Gasteiger partial charge in [-0.15, -0.1) is 0 Å². The molecule has 14 heavy (non-hydrogen) atoms. The fourth-order valence-electron chi connectivity index (χ4n) is 1.24. The van der Waals surface area contributed by atoms with E-state index in [0.717, 1.165) is 17.8 Å². The SMILES string of the molecule is NCCc1cnn(-c2ccccc2)n1. The molecule has 0 saturated heterocycles. The first-order valence-corrected chi connectivity index (χ1v) is 4.57. The van der Waals surface area contributed by atoms with E-state index in [1.54, 1.807) is 11.0 Å². The van der Waals surface area contributed by atoms with E-state index in [1.165, 1.54) is 0 Å². The zero-order valence-electron chi connectivity index (χ0n) is 7.80. The summed E-state index contributed by atoms with van der Waals surface area (Å²) < 4.78 is 0. The molecule has 0 aliphatic rings. The molecule has 4 heteroatoms. The molecular formula is C10H12N4. The maximum absolute atomic E-state index is 5.43. The number of aromatic nitrogens is 3. The third-order valence-electron chi connectivity index (χ3n) is 1.93. The molecule has 0 bridgehead atoms. The molecule has 1 heterocycles. The third-order valence-corrected chi connectivity index (χ3v) is 1.93. The van der Waals surface area contributed by atoms with Crippen LogP contribution in [0.4, 0.5) is 0 Å². The molecule has 1 aromatic carbocycles. The summed E-state index contributed by atoms with van der Waals surface area (Å²) in [6, 6.07) is 9.81. The molecule has 2 N–H and O–H groups in total. The third kappa shape index (κ3) is 1.80. The summed E-state index contributed by atoms with van der Waals surface area (Å²) in [5.74, 6) is 0. The predicted molar refractivity (Wildman–Crippen MR) is 54.1 cm³/mol. The van der Waals surface area contributed by atoms with Crippen molar-refractivity contribution in [3.63, 3.8) is 0 Å². The van der Waals surface area contributed by atoms with Gasteiger partial charge in [-0.2, -0.15) is 15.0 Å². The molecule has 0 atom stereocenters. The Morgan fingerprint density at radius 2 is 2.00 bits per heavy atom. The first kappa shape index (κ1) is 8.90. The van der Waals surface area contributed by atoms with Crippen molar-refractivity contribution < 1.29 is 0 Å². The van der Waals surface area contributed by atoms with Crippen LogP contribution < -0.4 is 5.73 Å². The molecule has 0 aliphatic heterocycles. The molecule has 72 valence electrons. The minimum Gasteiger partial charge on any atom is -0.330 e. The largest absolute Gasteiger partial charge is 0.330 e. The van der Waals surface area contributed by atoms with E-state index < -0.39 is 0 Å². The van der Waals surface area contributed by atoms with Gasteiger partial charge in [-0.25, -0.2) is 0 Å². The Balaban J connectivity index is 2.25. The van der Waals surface area contributed by atoms with Crippen LogP contribution in [0.3, 0.4) is 0 Å². The highest BCUT2D eigenvalue weighted by atomic mass is 15.5. The van der Waals surface area contributed by atoms with Gasteiger partial charge >= 0.3 is 0 Å². The van der Waals surface area contributed by atoms with Crippen molar-refractivity contribution in [2.24, 2.45) is 5.73 Å². The Labute approximate surface area is 82.4 Å². The quantitative estimate of drug-likeness (QED) is 0.774. The summed E-state index contributed by atoms with van der Waals surface area (Å²) >= 11 is 0. The molecular weight excluding hydrogens is 176 g/mol. The molecule has 0 amide bonds. The highest BCUT2D eigenvalue weighted by molar-refractivity contribution is 5.28. The first-order valence-electron chi connectivity index (χ1n) is 4.57. The number of benzene rings is 1. The Hall–Kier alpha value is -1.68. The van der Waals surface area contributed by atoms with Crippen molar-refractivity contribution >= 4 is 0 Å². The monoisotopic (exact) mass is 188 g/mol. The van der Waals surface area contributed by atoms with Crippen molar-refractivity contribution in [2.45, 2.75) is 6.42 Å². The summed E-state index contributed by atoms with van der Waals surface area (Å²) in [6.07, 6.45) is 2.52. The summed E-state index contributed by atoms with van der Waals surface area (Å²) in [4.78, 5) is 1.62. The Morgan fingerprint density at radius 1 is 1.21 bits per heavy atom. The van der Waals surface area contributed by atoms with Crippen LogP contribution in [0.5, 0.6) is 0 Å². The molecule has 2 rings (SSSR count). The van der Waals surface area contributed by atoms with Crippen LogP contribution in [-0.2, 0) is 6.42 Å². The van der Waals surface area contributed by atoms with Crippen LogP contribution in [0.1, 0.15) is 5.69 Å². The average molecular weight is 188 g/mol. The molecule has 4 nitrogen and oxygen atoms in total. The lowest BCUT2D eigenvalue weighted by atomic mass is 10.3. The summed E-state index contributed by atoms with van der Waals surface area (Å²) in [7, 11) is 0. The minimum absolute atomic E-state index is 0.605. The van der Waals surface area contributed by atoms with Crippen molar-refractivity contribution in [3.8, 4) is 5.69 Å². The van der Waals surface area contributed by atoms with Crippen molar-refractivity contribution in [1.82, 2.24) is 15.0 Å². The summed E-state index contributed by atoms with van der Waals surface area (Å²) in [5.41, 5.74) is 7.33. The molecule has 0 unspecified atom stereocenters. The van der Waals surface area contributed by atoms with Gasteiger partial charge in [-0.3, -0.25) is 0 Å². The van der Waals surface area contributed by atoms with Crippen LogP contribution in [-0.4, -0.2) is 21.5 Å². The lowest BCUT2D eigenvalue weighted by molar-refractivity contribution is 0.735. The van der Waals surface area contributed by atoms with Crippen LogP contribution in [0.25, 0.3) is 5.69 Å². The van der Waals surface area contributed by atoms with Gasteiger partial charge in [-0.1, -0.05) is 18.2 Å². The second-order valence-corrected chi connectivity index (χ2v) is 3.00. The number of para-hydroxylation sites is 1. The van der Waals surface area contributed by atoms with E-state index in [-0.39, 0.29) is 0 Å². The second kappa shape index (κ2) is 4.02. The van der Waals surface area contributed by atoms with E-state index >= 15 is 0 Å². The van der Waals surface area contributed by atoms with Crippen molar-refractivity contribution in [2.75, 3.05) is 6.54 Å². The Morgan fingerprint density at radius 3 is 2.71 bits per heavy atom. The number of hydrogen-bond acceptors (Lipinski definition) is 3. The number of nitrogens with two attached hydrogens (primary N) is 1. The normalized spacial score (nSPS) is 10.4. The highest BCUT2D eigenvalue weighted by Gasteiger charge is 2.00. The van der Waals surface area contributed by atoms with Crippen molar-refractivity contribution in [3.05, 3.63) is 42.2 Å². The van der Waals surface area contributed by atoms with E-state index in [4.69, 9.17) is 5.73 Å². The van der Waals surface area contributed by atoms with Crippen LogP contribution in [0.2, 0.25) is 0 Å². The second-order valence-electron chi connectivity index (χ2n) is 3.00. The van der Waals surface area contributed by atoms with Gasteiger partial charge in [0, 0.05) is 6.42 Å². The van der Waals surface area contributed by atoms with Gasteiger partial charge in [0.1, 0.15) is 0 Å². The topological polar surface area (TPSA) is 56.7 Å². The van der Waals surface area contributed by atoms with Crippen LogP contribution >= 0.6 is 0 Å². The smallest absolute Gasteiger partial charge is 0.0856 e. The van der Waals surface area contributed by atoms with Crippen molar-refractivity contribution in [1.29, 1.82) is 0 Å². The van der Waals surface area contributed by atoms with E-state index in [1.807, 2.05) is 30.3 Å². The molecule has 0 radical (unpaired) electrons. The van der Waals surface area contributed by atoms with Gasteiger partial charge in [0.15, 0.2) is 0 Å². The Bertz CT molecular complexity index is 394. The lowest BCUT2D eigenvalue weighted by Crippen LogP contribution is -2.04. The van der Waals surface area contributed by atoms with Gasteiger partial charge in [0.2, 0.25) is 0 Å². The first-order chi connectivity index (χ1) is 6.90. The number of rotatable bonds is 3. The summed E-state index contributed by atoms with van der Waals surface area (Å²) in [6.45, 7) is 0.605. The molecule has 2 aromatic rings. The number of hydrogen-bond donors (Lipinski definition) is 1. The van der Waals surface area contributed by atoms with Gasteiger partial charge in [0.25, 0.3) is 0 Å². The molecule has 0 spiro atoms. The highest BCUT2D eigenvalue weighted by Crippen LogP contribution is 2.03. The van der Waals surface area contributed by atoms with E-state index in [9.17, 15) is 0 Å². The molecule has 0 aliphatic carbocycles. The van der Waals surface area contributed by atoms with Gasteiger partial charge < -0.3 is 5.73 Å². The standard InChI is InChI=1S/C10H12N4/c11-7-6-9-8-12-14(13-9)10-4-2-1-3-5-10/h1-5,8H,6-7,11H2. The average Bonchev–Trinajstić information content (AvgIpc) is 2.68. The zero-order chi connectivity index (χ0) is 9.80. The van der Waals surface area contributed by atoms with Gasteiger partial charge in [0.05, 0.1) is 17.6 Å². The van der Waals surface area contributed by atoms with E-state index in [0.29, 0.717) is 6.54 Å². The molecule has 0 saturated carbocycles. The van der Waals surface area contributed by atoms with Crippen LogP contribution in [0.15, 0.2) is 36.5 Å². The maximum Gasteiger partial charge on any atom is 0.0856 e.